The average Bonchev–Trinajstić information content (AvgIpc) is 3.01. The standard InChI is InChI=1S/C15H17FN2O2S/c16-13-4-2-1-3-11(13)5-7-17-15(20)18-9-14(19)12-6-8-21-10-12/h1-4,6,8,10,14,19H,5,7,9H2,(H2,17,18,20). The number of hydrogen-bond acceptors (Lipinski definition) is 3. The normalized spacial score (nSPS) is 11.9. The smallest absolute Gasteiger partial charge is 0.314 e. The van der Waals surface area contributed by atoms with Crippen LogP contribution in [0.2, 0.25) is 0 Å². The molecule has 3 N–H and O–H groups in total. The Bertz CT molecular complexity index is 575. The SMILES string of the molecule is O=C(NCCc1ccccc1F)NCC(O)c1ccsc1. The van der Waals surface area contributed by atoms with Gasteiger partial charge in [-0.2, -0.15) is 11.3 Å². The Balaban J connectivity index is 1.67. The van der Waals surface area contributed by atoms with Crippen LogP contribution in [0.1, 0.15) is 17.2 Å². The summed E-state index contributed by atoms with van der Waals surface area (Å²) in [6, 6.07) is 7.91. The van der Waals surface area contributed by atoms with Crippen LogP contribution >= 0.6 is 11.3 Å². The molecule has 4 nitrogen and oxygen atoms in total. The average molecular weight is 308 g/mol. The summed E-state index contributed by atoms with van der Waals surface area (Å²) in [4.78, 5) is 11.6. The minimum Gasteiger partial charge on any atom is -0.387 e. The fraction of sp³-hybridized carbons (Fsp3) is 0.267. The molecule has 1 aromatic carbocycles. The van der Waals surface area contributed by atoms with E-state index in [2.05, 4.69) is 10.6 Å². The van der Waals surface area contributed by atoms with Crippen LogP contribution in [0.4, 0.5) is 9.18 Å². The van der Waals surface area contributed by atoms with Crippen molar-refractivity contribution in [1.82, 2.24) is 10.6 Å². The fourth-order valence-electron chi connectivity index (χ4n) is 1.85. The number of carbonyl (C=O) groups is 1. The molecule has 0 saturated heterocycles. The van der Waals surface area contributed by atoms with E-state index in [4.69, 9.17) is 0 Å². The van der Waals surface area contributed by atoms with Crippen molar-refractivity contribution in [3.63, 3.8) is 0 Å². The van der Waals surface area contributed by atoms with Gasteiger partial charge in [0.15, 0.2) is 0 Å². The molecule has 112 valence electrons. The zero-order valence-corrected chi connectivity index (χ0v) is 12.2. The van der Waals surface area contributed by atoms with Crippen LogP contribution in [0.3, 0.4) is 0 Å². The van der Waals surface area contributed by atoms with E-state index in [9.17, 15) is 14.3 Å². The summed E-state index contributed by atoms with van der Waals surface area (Å²) >= 11 is 1.49. The predicted molar refractivity (Wildman–Crippen MR) is 80.8 cm³/mol. The molecule has 0 aliphatic carbocycles. The van der Waals surface area contributed by atoms with Gasteiger partial charge in [0.25, 0.3) is 0 Å². The van der Waals surface area contributed by atoms with Crippen molar-refractivity contribution in [2.24, 2.45) is 0 Å². The van der Waals surface area contributed by atoms with Crippen molar-refractivity contribution in [2.45, 2.75) is 12.5 Å². The first-order valence-corrected chi connectivity index (χ1v) is 7.56. The van der Waals surface area contributed by atoms with E-state index in [1.807, 2.05) is 16.8 Å². The lowest BCUT2D eigenvalue weighted by molar-refractivity contribution is 0.173. The van der Waals surface area contributed by atoms with Gasteiger partial charge in [-0.3, -0.25) is 0 Å². The maximum absolute atomic E-state index is 13.4. The Kier molecular flexibility index (Phi) is 5.71. The van der Waals surface area contributed by atoms with Gasteiger partial charge >= 0.3 is 6.03 Å². The molecule has 2 rings (SSSR count). The monoisotopic (exact) mass is 308 g/mol. The molecule has 0 spiro atoms. The summed E-state index contributed by atoms with van der Waals surface area (Å²) in [5.41, 5.74) is 1.35. The van der Waals surface area contributed by atoms with E-state index in [0.29, 0.717) is 18.5 Å². The first-order valence-electron chi connectivity index (χ1n) is 6.62. The molecule has 0 aliphatic rings. The number of halogens is 1. The molecular formula is C15H17FN2O2S. The number of thiophene rings is 1. The van der Waals surface area contributed by atoms with Gasteiger partial charge in [-0.1, -0.05) is 18.2 Å². The van der Waals surface area contributed by atoms with Crippen LogP contribution in [0.15, 0.2) is 41.1 Å². The van der Waals surface area contributed by atoms with Gasteiger partial charge in [0, 0.05) is 13.1 Å². The Morgan fingerprint density at radius 3 is 2.81 bits per heavy atom. The minimum atomic E-state index is -0.714. The van der Waals surface area contributed by atoms with Crippen molar-refractivity contribution in [3.05, 3.63) is 58.0 Å². The highest BCUT2D eigenvalue weighted by Crippen LogP contribution is 2.14. The number of urea groups is 1. The van der Waals surface area contributed by atoms with Crippen LogP contribution in [0.25, 0.3) is 0 Å². The van der Waals surface area contributed by atoms with E-state index < -0.39 is 6.10 Å². The Hall–Kier alpha value is -1.92. The Morgan fingerprint density at radius 1 is 1.29 bits per heavy atom. The zero-order chi connectivity index (χ0) is 15.1. The van der Waals surface area contributed by atoms with Crippen molar-refractivity contribution in [2.75, 3.05) is 13.1 Å². The quantitative estimate of drug-likeness (QED) is 0.767. The predicted octanol–water partition coefficient (Wildman–Crippen LogP) is 2.46. The summed E-state index contributed by atoms with van der Waals surface area (Å²) in [7, 11) is 0. The highest BCUT2D eigenvalue weighted by molar-refractivity contribution is 7.07. The number of aliphatic hydroxyl groups excluding tert-OH is 1. The molecule has 0 saturated carbocycles. The van der Waals surface area contributed by atoms with E-state index in [1.165, 1.54) is 17.4 Å². The third-order valence-electron chi connectivity index (χ3n) is 3.02. The van der Waals surface area contributed by atoms with Crippen molar-refractivity contribution in [1.29, 1.82) is 0 Å². The molecule has 2 aromatic rings. The molecule has 0 bridgehead atoms. The summed E-state index contributed by atoms with van der Waals surface area (Å²) in [6.45, 7) is 0.476. The highest BCUT2D eigenvalue weighted by atomic mass is 32.1. The molecule has 1 atom stereocenters. The molecule has 1 heterocycles. The highest BCUT2D eigenvalue weighted by Gasteiger charge is 2.09. The van der Waals surface area contributed by atoms with E-state index in [0.717, 1.165) is 5.56 Å². The first-order chi connectivity index (χ1) is 10.2. The van der Waals surface area contributed by atoms with Crippen molar-refractivity contribution < 1.29 is 14.3 Å². The van der Waals surface area contributed by atoms with Gasteiger partial charge in [-0.25, -0.2) is 9.18 Å². The molecule has 0 fully saturated rings. The molecule has 2 amide bonds. The lowest BCUT2D eigenvalue weighted by Crippen LogP contribution is -2.38. The molecule has 21 heavy (non-hydrogen) atoms. The Morgan fingerprint density at radius 2 is 2.10 bits per heavy atom. The first kappa shape index (κ1) is 15.5. The summed E-state index contributed by atoms with van der Waals surface area (Å²) in [6.07, 6.45) is -0.291. The van der Waals surface area contributed by atoms with Crippen LogP contribution in [0, 0.1) is 5.82 Å². The molecule has 1 aromatic heterocycles. The van der Waals surface area contributed by atoms with E-state index >= 15 is 0 Å². The number of amides is 2. The summed E-state index contributed by atoms with van der Waals surface area (Å²) in [5.74, 6) is -0.271. The van der Waals surface area contributed by atoms with Crippen LogP contribution in [0.5, 0.6) is 0 Å². The van der Waals surface area contributed by atoms with Crippen molar-refractivity contribution in [3.8, 4) is 0 Å². The van der Waals surface area contributed by atoms with Gasteiger partial charge in [0.1, 0.15) is 5.82 Å². The fourth-order valence-corrected chi connectivity index (χ4v) is 2.55. The summed E-state index contributed by atoms with van der Waals surface area (Å²) in [5, 5.41) is 18.7. The topological polar surface area (TPSA) is 61.4 Å². The largest absolute Gasteiger partial charge is 0.387 e. The maximum Gasteiger partial charge on any atom is 0.314 e. The lowest BCUT2D eigenvalue weighted by Gasteiger charge is -2.11. The molecule has 0 radical (unpaired) electrons. The van der Waals surface area contributed by atoms with Gasteiger partial charge in [-0.15, -0.1) is 0 Å². The number of nitrogens with one attached hydrogen (secondary N) is 2. The van der Waals surface area contributed by atoms with Gasteiger partial charge < -0.3 is 15.7 Å². The van der Waals surface area contributed by atoms with Gasteiger partial charge in [0.05, 0.1) is 6.10 Å². The zero-order valence-electron chi connectivity index (χ0n) is 11.4. The number of aliphatic hydroxyl groups is 1. The van der Waals surface area contributed by atoms with Gasteiger partial charge in [-0.05, 0) is 40.4 Å². The van der Waals surface area contributed by atoms with Crippen LogP contribution < -0.4 is 10.6 Å². The second kappa shape index (κ2) is 7.75. The minimum absolute atomic E-state index is 0.141. The third kappa shape index (κ3) is 4.84. The van der Waals surface area contributed by atoms with E-state index in [1.54, 1.807) is 18.2 Å². The molecule has 0 aliphatic heterocycles. The van der Waals surface area contributed by atoms with E-state index in [-0.39, 0.29) is 18.4 Å². The molecule has 6 heteroatoms. The second-order valence-electron chi connectivity index (χ2n) is 4.55. The maximum atomic E-state index is 13.4. The van der Waals surface area contributed by atoms with Crippen molar-refractivity contribution >= 4 is 17.4 Å². The number of hydrogen-bond donors (Lipinski definition) is 3. The number of rotatable bonds is 6. The van der Waals surface area contributed by atoms with Crippen LogP contribution in [-0.2, 0) is 6.42 Å². The van der Waals surface area contributed by atoms with Gasteiger partial charge in [0.2, 0.25) is 0 Å². The number of carbonyl (C=O) groups excluding carboxylic acids is 1. The summed E-state index contributed by atoms with van der Waals surface area (Å²) < 4.78 is 13.4. The Labute approximate surface area is 126 Å². The second-order valence-corrected chi connectivity index (χ2v) is 5.33. The lowest BCUT2D eigenvalue weighted by atomic mass is 10.1. The number of benzene rings is 1. The molecule has 1 unspecified atom stereocenters. The third-order valence-corrected chi connectivity index (χ3v) is 3.72. The van der Waals surface area contributed by atoms with Crippen LogP contribution in [-0.4, -0.2) is 24.2 Å². The molecular weight excluding hydrogens is 291 g/mol.